The summed E-state index contributed by atoms with van der Waals surface area (Å²) >= 11 is 0. The molecule has 2 aromatic rings. The van der Waals surface area contributed by atoms with E-state index < -0.39 is 5.97 Å². The summed E-state index contributed by atoms with van der Waals surface area (Å²) in [6, 6.07) is 7.60. The quantitative estimate of drug-likeness (QED) is 0.545. The Labute approximate surface area is 117 Å². The number of quaternary nitrogens is 1. The molecule has 5 heteroatoms. The van der Waals surface area contributed by atoms with Crippen molar-refractivity contribution >= 4 is 22.6 Å². The first kappa shape index (κ1) is 14.0. The van der Waals surface area contributed by atoms with E-state index >= 15 is 0 Å². The minimum absolute atomic E-state index is 0. The molecule has 0 amide bonds. The van der Waals surface area contributed by atoms with Gasteiger partial charge in [-0.1, -0.05) is 0 Å². The van der Waals surface area contributed by atoms with Crippen molar-refractivity contribution in [3.63, 3.8) is 0 Å². The number of halogens is 1. The van der Waals surface area contributed by atoms with E-state index in [2.05, 4.69) is 26.1 Å². The van der Waals surface area contributed by atoms with E-state index in [1.54, 1.807) is 6.07 Å². The molecule has 1 aromatic heterocycles. The van der Waals surface area contributed by atoms with Gasteiger partial charge < -0.3 is 34.1 Å². The van der Waals surface area contributed by atoms with Crippen LogP contribution in [0.1, 0.15) is 10.5 Å². The van der Waals surface area contributed by atoms with Crippen LogP contribution in [0.2, 0.25) is 0 Å². The van der Waals surface area contributed by atoms with Gasteiger partial charge in [-0.25, -0.2) is 4.79 Å². The highest BCUT2D eigenvalue weighted by Crippen LogP contribution is 2.24. The number of nitrogens with zero attached hydrogens (tertiary/aromatic N) is 1. The molecule has 0 saturated carbocycles. The molecule has 0 bridgehead atoms. The number of carbonyl (C=O) groups is 1. The Kier molecular flexibility index (Phi) is 3.83. The Balaban J connectivity index is 0.00000144. The zero-order chi connectivity index (χ0) is 11.9. The van der Waals surface area contributed by atoms with Gasteiger partial charge >= 0.3 is 5.97 Å². The molecule has 4 nitrogen and oxygen atoms in total. The molecule has 0 aliphatic carbocycles. The van der Waals surface area contributed by atoms with Gasteiger partial charge in [0.2, 0.25) is 0 Å². The van der Waals surface area contributed by atoms with Crippen LogP contribution in [0.15, 0.2) is 24.3 Å². The molecule has 2 N–H and O–H groups in total. The summed E-state index contributed by atoms with van der Waals surface area (Å²) in [4.78, 5) is 13.7. The van der Waals surface area contributed by atoms with Gasteiger partial charge in [0.05, 0.1) is 26.7 Å². The first-order valence-electron chi connectivity index (χ1n) is 5.06. The van der Waals surface area contributed by atoms with Gasteiger partial charge in [-0.15, -0.1) is 0 Å². The molecule has 0 saturated heterocycles. The molecular weight excluding hydrogens is 331 g/mol. The molecule has 0 spiro atoms. The average Bonchev–Trinajstić information content (AvgIpc) is 2.58. The summed E-state index contributed by atoms with van der Waals surface area (Å²) < 4.78 is 0.706. The summed E-state index contributed by atoms with van der Waals surface area (Å²) in [6.45, 7) is 0. The van der Waals surface area contributed by atoms with Crippen LogP contribution in [0.3, 0.4) is 0 Å². The van der Waals surface area contributed by atoms with Gasteiger partial charge in [0.1, 0.15) is 11.4 Å². The summed E-state index contributed by atoms with van der Waals surface area (Å²) in [5.74, 6) is -0.928. The zero-order valence-electron chi connectivity index (χ0n) is 9.99. The Hall–Kier alpha value is -1.08. The fraction of sp³-hybridized carbons (Fsp3) is 0.250. The van der Waals surface area contributed by atoms with Crippen LogP contribution < -0.4 is 28.5 Å². The van der Waals surface area contributed by atoms with Crippen LogP contribution in [0.5, 0.6) is 0 Å². The number of H-pyrrole nitrogens is 1. The molecule has 1 aromatic carbocycles. The fourth-order valence-corrected chi connectivity index (χ4v) is 1.65. The maximum absolute atomic E-state index is 10.8. The number of aromatic amines is 1. The predicted octanol–water partition coefficient (Wildman–Crippen LogP) is -0.933. The van der Waals surface area contributed by atoms with Crippen molar-refractivity contribution in [1.82, 2.24) is 9.47 Å². The molecular formula is C12H15IN2O2. The van der Waals surface area contributed by atoms with Crippen molar-refractivity contribution in [2.75, 3.05) is 21.1 Å². The Morgan fingerprint density at radius 3 is 2.41 bits per heavy atom. The minimum atomic E-state index is -0.928. The molecule has 0 aliphatic heterocycles. The van der Waals surface area contributed by atoms with Crippen molar-refractivity contribution in [3.05, 3.63) is 30.0 Å². The highest BCUT2D eigenvalue weighted by molar-refractivity contribution is 5.94. The number of hydrogen-bond acceptors (Lipinski definition) is 1. The van der Waals surface area contributed by atoms with E-state index in [4.69, 9.17) is 5.11 Å². The number of hydrogen-bond donors (Lipinski definition) is 2. The lowest BCUT2D eigenvalue weighted by molar-refractivity contribution is -0.0000189. The van der Waals surface area contributed by atoms with Crippen LogP contribution in [0, 0.1) is 0 Å². The number of fused-ring (bicyclic) bond motifs is 1. The first-order chi connectivity index (χ1) is 7.38. The number of benzene rings is 1. The Bertz CT molecular complexity index is 555. The average molecular weight is 346 g/mol. The minimum Gasteiger partial charge on any atom is -1.00 e. The van der Waals surface area contributed by atoms with E-state index in [1.165, 1.54) is 0 Å². The van der Waals surface area contributed by atoms with Crippen molar-refractivity contribution < 1.29 is 33.9 Å². The molecule has 0 aliphatic rings. The summed E-state index contributed by atoms with van der Waals surface area (Å²) in [5.41, 5.74) is 2.22. The van der Waals surface area contributed by atoms with Crippen molar-refractivity contribution in [1.29, 1.82) is 0 Å². The molecule has 0 fully saturated rings. The van der Waals surface area contributed by atoms with Gasteiger partial charge in [0.25, 0.3) is 0 Å². The monoisotopic (exact) mass is 346 g/mol. The van der Waals surface area contributed by atoms with E-state index in [0.29, 0.717) is 4.48 Å². The van der Waals surface area contributed by atoms with Crippen LogP contribution >= 0.6 is 0 Å². The number of aromatic carboxylic acids is 1. The smallest absolute Gasteiger partial charge is 0.352 e. The molecule has 92 valence electrons. The van der Waals surface area contributed by atoms with Crippen LogP contribution in [-0.2, 0) is 0 Å². The van der Waals surface area contributed by atoms with Gasteiger partial charge in [0.15, 0.2) is 0 Å². The standard InChI is InChI=1S/C12H14N2O2.HI/c1-14(2,3)9-5-4-8-6-11(12(15)16)13-10(8)7-9;/h4-7,13H,1-3H3;1H. The maximum Gasteiger partial charge on any atom is 0.352 e. The Morgan fingerprint density at radius 2 is 1.88 bits per heavy atom. The van der Waals surface area contributed by atoms with Gasteiger partial charge in [0, 0.05) is 11.5 Å². The lowest BCUT2D eigenvalue weighted by atomic mass is 10.2. The van der Waals surface area contributed by atoms with E-state index in [0.717, 1.165) is 16.6 Å². The fourth-order valence-electron chi connectivity index (χ4n) is 1.65. The van der Waals surface area contributed by atoms with Crippen molar-refractivity contribution in [3.8, 4) is 0 Å². The van der Waals surface area contributed by atoms with E-state index in [-0.39, 0.29) is 29.7 Å². The topological polar surface area (TPSA) is 53.1 Å². The highest BCUT2D eigenvalue weighted by Gasteiger charge is 2.14. The second-order valence-corrected chi connectivity index (χ2v) is 4.77. The molecule has 0 radical (unpaired) electrons. The second-order valence-electron chi connectivity index (χ2n) is 4.77. The molecule has 17 heavy (non-hydrogen) atoms. The highest BCUT2D eigenvalue weighted by atomic mass is 127. The predicted molar refractivity (Wildman–Crippen MR) is 64.8 cm³/mol. The van der Waals surface area contributed by atoms with Gasteiger partial charge in [-0.3, -0.25) is 4.48 Å². The third-order valence-electron chi connectivity index (χ3n) is 2.61. The number of rotatable bonds is 2. The SMILES string of the molecule is C[N+](C)(C)c1ccc2cc(C(=O)O)[nH]c2c1.[I-]. The number of carboxylic acid groups (broad SMARTS) is 1. The second kappa shape index (κ2) is 4.66. The largest absolute Gasteiger partial charge is 1.00 e. The van der Waals surface area contributed by atoms with E-state index in [9.17, 15) is 4.79 Å². The summed E-state index contributed by atoms with van der Waals surface area (Å²) in [7, 11) is 6.21. The van der Waals surface area contributed by atoms with Crippen LogP contribution in [0.4, 0.5) is 5.69 Å². The number of aromatic nitrogens is 1. The van der Waals surface area contributed by atoms with Crippen molar-refractivity contribution in [2.24, 2.45) is 0 Å². The number of carboxylic acids is 1. The maximum atomic E-state index is 10.8. The Morgan fingerprint density at radius 1 is 1.24 bits per heavy atom. The molecule has 1 heterocycles. The van der Waals surface area contributed by atoms with Crippen LogP contribution in [-0.4, -0.2) is 37.2 Å². The molecule has 2 rings (SSSR count). The van der Waals surface area contributed by atoms with Gasteiger partial charge in [-0.05, 0) is 18.2 Å². The summed E-state index contributed by atoms with van der Waals surface area (Å²) in [5, 5.41) is 9.81. The van der Waals surface area contributed by atoms with Gasteiger partial charge in [-0.2, -0.15) is 0 Å². The lowest BCUT2D eigenvalue weighted by Crippen LogP contribution is -3.00. The summed E-state index contributed by atoms with van der Waals surface area (Å²) in [6.07, 6.45) is 0. The van der Waals surface area contributed by atoms with Crippen LogP contribution in [0.25, 0.3) is 10.9 Å². The number of nitrogens with one attached hydrogen (secondary N) is 1. The lowest BCUT2D eigenvalue weighted by Gasteiger charge is -2.23. The third kappa shape index (κ3) is 2.78. The zero-order valence-corrected chi connectivity index (χ0v) is 12.1. The van der Waals surface area contributed by atoms with Crippen molar-refractivity contribution in [2.45, 2.75) is 0 Å². The normalized spacial score (nSPS) is 11.2. The third-order valence-corrected chi connectivity index (χ3v) is 2.61. The first-order valence-corrected chi connectivity index (χ1v) is 5.06. The molecule has 0 atom stereocenters. The molecule has 0 unspecified atom stereocenters. The van der Waals surface area contributed by atoms with E-state index in [1.807, 2.05) is 18.2 Å².